The molecule has 2 heterocycles. The van der Waals surface area contributed by atoms with Crippen molar-refractivity contribution < 1.29 is 0 Å². The number of nitrogens with one attached hydrogen (secondary N) is 1. The summed E-state index contributed by atoms with van der Waals surface area (Å²) in [5.74, 6) is 1.07. The van der Waals surface area contributed by atoms with Crippen LogP contribution in [0.2, 0.25) is 5.02 Å². The highest BCUT2D eigenvalue weighted by Gasteiger charge is 2.22. The van der Waals surface area contributed by atoms with E-state index in [1.165, 1.54) is 18.4 Å². The van der Waals surface area contributed by atoms with E-state index in [1.54, 1.807) is 6.20 Å². The molecule has 3 rings (SSSR count). The fraction of sp³-hybridized carbons (Fsp3) is 0.688. The number of nitrogens with zero attached hydrogens (tertiary/aromatic N) is 3. The Hall–Kier alpha value is -0.840. The first-order chi connectivity index (χ1) is 10.1. The number of hydrogen-bond donors (Lipinski definition) is 1. The Balaban J connectivity index is 1.63. The second kappa shape index (κ2) is 6.51. The van der Waals surface area contributed by atoms with Crippen molar-refractivity contribution in [1.82, 2.24) is 15.2 Å². The average Bonchev–Trinajstić information content (AvgIpc) is 3.31. The Morgan fingerprint density at radius 2 is 2.00 bits per heavy atom. The summed E-state index contributed by atoms with van der Waals surface area (Å²) in [7, 11) is 0. The molecule has 0 aromatic carbocycles. The molecule has 2 aliphatic rings. The van der Waals surface area contributed by atoms with Gasteiger partial charge in [0.1, 0.15) is 5.82 Å². The first-order valence-electron chi connectivity index (χ1n) is 8.00. The summed E-state index contributed by atoms with van der Waals surface area (Å²) >= 11 is 6.27. The monoisotopic (exact) mass is 308 g/mol. The van der Waals surface area contributed by atoms with Crippen LogP contribution in [-0.2, 0) is 6.54 Å². The maximum Gasteiger partial charge on any atom is 0.128 e. The lowest BCUT2D eigenvalue weighted by molar-refractivity contribution is 0.209. The van der Waals surface area contributed by atoms with Crippen LogP contribution in [0.4, 0.5) is 5.82 Å². The van der Waals surface area contributed by atoms with Crippen LogP contribution in [0.25, 0.3) is 0 Å². The molecule has 21 heavy (non-hydrogen) atoms. The number of rotatable bonds is 5. The van der Waals surface area contributed by atoms with Crippen LogP contribution in [0, 0.1) is 0 Å². The molecule has 2 fully saturated rings. The topological polar surface area (TPSA) is 31.4 Å². The molecule has 4 nitrogen and oxygen atoms in total. The van der Waals surface area contributed by atoms with Crippen LogP contribution in [0.15, 0.2) is 12.3 Å². The summed E-state index contributed by atoms with van der Waals surface area (Å²) in [5, 5.41) is 4.30. The highest BCUT2D eigenvalue weighted by Crippen LogP contribution is 2.24. The lowest BCUT2D eigenvalue weighted by Crippen LogP contribution is -2.49. The Labute approximate surface area is 132 Å². The highest BCUT2D eigenvalue weighted by atomic mass is 35.5. The van der Waals surface area contributed by atoms with E-state index in [0.29, 0.717) is 12.1 Å². The average molecular weight is 309 g/mol. The Morgan fingerprint density at radius 3 is 2.62 bits per heavy atom. The van der Waals surface area contributed by atoms with E-state index < -0.39 is 0 Å². The Bertz CT molecular complexity index is 479. The SMILES string of the molecule is CC(C)N1CCN(c2cc(CNC3CC3)c(Cl)cn2)CC1. The molecule has 0 bridgehead atoms. The van der Waals surface area contributed by atoms with Gasteiger partial charge >= 0.3 is 0 Å². The molecule has 1 aromatic rings. The van der Waals surface area contributed by atoms with Crippen LogP contribution >= 0.6 is 11.6 Å². The van der Waals surface area contributed by atoms with Gasteiger partial charge < -0.3 is 10.2 Å². The van der Waals surface area contributed by atoms with Gasteiger partial charge in [-0.2, -0.15) is 0 Å². The second-order valence-electron chi connectivity index (χ2n) is 6.41. The molecule has 1 N–H and O–H groups in total. The zero-order valence-electron chi connectivity index (χ0n) is 13.0. The smallest absolute Gasteiger partial charge is 0.128 e. The molecule has 1 aliphatic carbocycles. The first kappa shape index (κ1) is 15.1. The molecule has 116 valence electrons. The largest absolute Gasteiger partial charge is 0.354 e. The van der Waals surface area contributed by atoms with Gasteiger partial charge in [0, 0.05) is 51.0 Å². The standard InChI is InChI=1S/C16H25ClN4/c1-12(2)20-5-7-21(8-6-20)16-9-13(15(17)11-19-16)10-18-14-3-4-14/h9,11-12,14,18H,3-8,10H2,1-2H3. The molecule has 5 heteroatoms. The van der Waals surface area contributed by atoms with E-state index in [2.05, 4.69) is 40.0 Å². The van der Waals surface area contributed by atoms with Gasteiger partial charge in [-0.25, -0.2) is 4.98 Å². The summed E-state index contributed by atoms with van der Waals surface area (Å²) in [6.07, 6.45) is 4.40. The summed E-state index contributed by atoms with van der Waals surface area (Å²) in [6.45, 7) is 9.68. The minimum absolute atomic E-state index is 0.628. The van der Waals surface area contributed by atoms with Crippen molar-refractivity contribution in [3.8, 4) is 0 Å². The molecule has 0 unspecified atom stereocenters. The van der Waals surface area contributed by atoms with Gasteiger partial charge in [0.05, 0.1) is 5.02 Å². The molecule has 0 atom stereocenters. The number of pyridine rings is 1. The lowest BCUT2D eigenvalue weighted by atomic mass is 10.2. The first-order valence-corrected chi connectivity index (χ1v) is 8.38. The molecular weight excluding hydrogens is 284 g/mol. The highest BCUT2D eigenvalue weighted by molar-refractivity contribution is 6.31. The van der Waals surface area contributed by atoms with Crippen molar-refractivity contribution >= 4 is 17.4 Å². The number of piperazine rings is 1. The van der Waals surface area contributed by atoms with Crippen LogP contribution < -0.4 is 10.2 Å². The van der Waals surface area contributed by atoms with E-state index in [-0.39, 0.29) is 0 Å². The summed E-state index contributed by atoms with van der Waals surface area (Å²) in [6, 6.07) is 3.49. The molecule has 0 amide bonds. The third-order valence-electron chi connectivity index (χ3n) is 4.45. The van der Waals surface area contributed by atoms with Crippen molar-refractivity contribution in [1.29, 1.82) is 0 Å². The molecule has 1 aliphatic heterocycles. The van der Waals surface area contributed by atoms with E-state index in [9.17, 15) is 0 Å². The quantitative estimate of drug-likeness (QED) is 0.906. The number of halogens is 1. The maximum absolute atomic E-state index is 6.27. The number of hydrogen-bond acceptors (Lipinski definition) is 4. The fourth-order valence-corrected chi connectivity index (χ4v) is 2.96. The second-order valence-corrected chi connectivity index (χ2v) is 6.81. The normalized spacial score (nSPS) is 20.3. The summed E-state index contributed by atoms with van der Waals surface area (Å²) < 4.78 is 0. The van der Waals surface area contributed by atoms with Crippen LogP contribution in [0.5, 0.6) is 0 Å². The predicted molar refractivity (Wildman–Crippen MR) is 88.0 cm³/mol. The van der Waals surface area contributed by atoms with Gasteiger partial charge in [-0.05, 0) is 38.3 Å². The van der Waals surface area contributed by atoms with Crippen molar-refractivity contribution in [3.05, 3.63) is 22.8 Å². The van der Waals surface area contributed by atoms with E-state index in [1.807, 2.05) is 0 Å². The van der Waals surface area contributed by atoms with Crippen LogP contribution in [0.1, 0.15) is 32.3 Å². The van der Waals surface area contributed by atoms with Gasteiger partial charge in [-0.15, -0.1) is 0 Å². The number of anilines is 1. The zero-order valence-corrected chi connectivity index (χ0v) is 13.7. The minimum atomic E-state index is 0.628. The molecule has 1 saturated carbocycles. The fourth-order valence-electron chi connectivity index (χ4n) is 2.79. The summed E-state index contributed by atoms with van der Waals surface area (Å²) in [4.78, 5) is 9.41. The number of aromatic nitrogens is 1. The van der Waals surface area contributed by atoms with Gasteiger partial charge in [0.2, 0.25) is 0 Å². The third-order valence-corrected chi connectivity index (χ3v) is 4.79. The third kappa shape index (κ3) is 3.87. The van der Waals surface area contributed by atoms with Crippen molar-refractivity contribution in [2.45, 2.75) is 45.3 Å². The van der Waals surface area contributed by atoms with E-state index in [4.69, 9.17) is 11.6 Å². The van der Waals surface area contributed by atoms with Gasteiger partial charge in [0.15, 0.2) is 0 Å². The minimum Gasteiger partial charge on any atom is -0.354 e. The molecular formula is C16H25ClN4. The van der Waals surface area contributed by atoms with E-state index in [0.717, 1.165) is 43.6 Å². The lowest BCUT2D eigenvalue weighted by Gasteiger charge is -2.37. The zero-order chi connectivity index (χ0) is 14.8. The Kier molecular flexibility index (Phi) is 4.67. The molecule has 1 saturated heterocycles. The predicted octanol–water partition coefficient (Wildman–Crippen LogP) is 2.52. The molecule has 0 radical (unpaired) electrons. The van der Waals surface area contributed by atoms with Gasteiger partial charge in [-0.1, -0.05) is 11.6 Å². The van der Waals surface area contributed by atoms with Crippen LogP contribution in [-0.4, -0.2) is 48.1 Å². The van der Waals surface area contributed by atoms with Crippen molar-refractivity contribution in [2.75, 3.05) is 31.1 Å². The molecule has 0 spiro atoms. The van der Waals surface area contributed by atoms with Crippen molar-refractivity contribution in [3.63, 3.8) is 0 Å². The van der Waals surface area contributed by atoms with Gasteiger partial charge in [0.25, 0.3) is 0 Å². The van der Waals surface area contributed by atoms with Gasteiger partial charge in [-0.3, -0.25) is 4.90 Å². The molecule has 1 aromatic heterocycles. The summed E-state index contributed by atoms with van der Waals surface area (Å²) in [5.41, 5.74) is 1.17. The Morgan fingerprint density at radius 1 is 1.29 bits per heavy atom. The van der Waals surface area contributed by atoms with E-state index >= 15 is 0 Å². The van der Waals surface area contributed by atoms with Crippen molar-refractivity contribution in [2.24, 2.45) is 0 Å². The van der Waals surface area contributed by atoms with Crippen LogP contribution in [0.3, 0.4) is 0 Å². The maximum atomic E-state index is 6.27.